The molecule has 10 nitrogen and oxygen atoms in total. The summed E-state index contributed by atoms with van der Waals surface area (Å²) in [5.74, 6) is -0.223. The van der Waals surface area contributed by atoms with E-state index in [2.05, 4.69) is 15.3 Å². The number of aliphatic hydroxyl groups is 3. The minimum atomic E-state index is -1.93. The summed E-state index contributed by atoms with van der Waals surface area (Å²) >= 11 is 0. The molecule has 4 atom stereocenters. The first-order valence-electron chi connectivity index (χ1n) is 4.94. The highest BCUT2D eigenvalue weighted by atomic mass is 16.6. The molecule has 1 heterocycles. The molecule has 0 aromatic heterocycles. The standard InChI is InChI=1S/C8H14N6O4/c9-4(10)1-2-12-7-5(16)6(17)8(3-15,18-7)13-14-11/h1-2,5-7,12,15-17H,3H2,(H3,9,10)/b2-1-/t5-,6+,7-,8-/m1/s1. The highest BCUT2D eigenvalue weighted by Gasteiger charge is 2.53. The maximum absolute atomic E-state index is 9.69. The van der Waals surface area contributed by atoms with Crippen molar-refractivity contribution in [2.24, 2.45) is 10.8 Å². The van der Waals surface area contributed by atoms with Crippen molar-refractivity contribution in [3.63, 3.8) is 0 Å². The Bertz CT molecular complexity index is 395. The van der Waals surface area contributed by atoms with Gasteiger partial charge in [0.1, 0.15) is 18.0 Å². The third-order valence-corrected chi connectivity index (χ3v) is 2.39. The molecular weight excluding hydrogens is 244 g/mol. The van der Waals surface area contributed by atoms with Crippen molar-refractivity contribution in [3.05, 3.63) is 22.7 Å². The Kier molecular flexibility index (Phi) is 4.48. The Morgan fingerprint density at radius 2 is 2.33 bits per heavy atom. The summed E-state index contributed by atoms with van der Waals surface area (Å²) in [5, 5.41) is 41.1. The van der Waals surface area contributed by atoms with Crippen LogP contribution in [0.25, 0.3) is 10.4 Å². The van der Waals surface area contributed by atoms with E-state index < -0.39 is 30.8 Å². The van der Waals surface area contributed by atoms with Gasteiger partial charge in [0.25, 0.3) is 0 Å². The average molecular weight is 258 g/mol. The third kappa shape index (κ3) is 2.70. The molecule has 7 N–H and O–H groups in total. The van der Waals surface area contributed by atoms with Gasteiger partial charge in [0.05, 0.1) is 6.61 Å². The molecule has 1 rings (SSSR count). The molecule has 0 bridgehead atoms. The second-order valence-corrected chi connectivity index (χ2v) is 3.62. The number of hydrogen-bond donors (Lipinski definition) is 6. The maximum Gasteiger partial charge on any atom is 0.200 e. The van der Waals surface area contributed by atoms with Crippen molar-refractivity contribution in [1.82, 2.24) is 5.32 Å². The van der Waals surface area contributed by atoms with E-state index in [1.165, 1.54) is 12.3 Å². The fraction of sp³-hybridized carbons (Fsp3) is 0.625. The zero-order chi connectivity index (χ0) is 13.8. The molecule has 0 spiro atoms. The lowest BCUT2D eigenvalue weighted by atomic mass is 10.1. The van der Waals surface area contributed by atoms with Crippen molar-refractivity contribution in [3.8, 4) is 0 Å². The van der Waals surface area contributed by atoms with Gasteiger partial charge >= 0.3 is 0 Å². The Balaban J connectivity index is 2.80. The summed E-state index contributed by atoms with van der Waals surface area (Å²) in [6, 6.07) is 0. The molecule has 1 aliphatic rings. The molecule has 0 radical (unpaired) electrons. The minimum absolute atomic E-state index is 0.223. The van der Waals surface area contributed by atoms with E-state index in [0.717, 1.165) is 0 Å². The van der Waals surface area contributed by atoms with Crippen molar-refractivity contribution in [2.75, 3.05) is 6.61 Å². The van der Waals surface area contributed by atoms with Crippen LogP contribution in [-0.4, -0.2) is 51.9 Å². The summed E-state index contributed by atoms with van der Waals surface area (Å²) in [6.07, 6.45) is -1.68. The summed E-state index contributed by atoms with van der Waals surface area (Å²) in [5.41, 5.74) is 11.5. The Morgan fingerprint density at radius 1 is 1.67 bits per heavy atom. The number of nitrogens with one attached hydrogen (secondary N) is 2. The van der Waals surface area contributed by atoms with Crippen LogP contribution in [0.15, 0.2) is 17.4 Å². The number of ether oxygens (including phenoxy) is 1. The maximum atomic E-state index is 9.69. The van der Waals surface area contributed by atoms with E-state index in [0.29, 0.717) is 0 Å². The lowest BCUT2D eigenvalue weighted by molar-refractivity contribution is -0.110. The van der Waals surface area contributed by atoms with Crippen LogP contribution in [0.5, 0.6) is 0 Å². The molecule has 0 aromatic carbocycles. The molecule has 0 amide bonds. The topological polar surface area (TPSA) is 181 Å². The van der Waals surface area contributed by atoms with Gasteiger partial charge in [0, 0.05) is 11.1 Å². The van der Waals surface area contributed by atoms with Gasteiger partial charge in [-0.2, -0.15) is 0 Å². The average Bonchev–Trinajstić information content (AvgIpc) is 2.55. The van der Waals surface area contributed by atoms with Crippen LogP contribution in [-0.2, 0) is 4.74 Å². The Labute approximate surface area is 102 Å². The molecule has 0 aromatic rings. The Hall–Kier alpha value is -1.84. The molecular formula is C8H14N6O4. The molecule has 0 unspecified atom stereocenters. The van der Waals surface area contributed by atoms with Gasteiger partial charge in [-0.1, -0.05) is 5.11 Å². The second kappa shape index (κ2) is 5.67. The number of amidine groups is 1. The molecule has 1 fully saturated rings. The van der Waals surface area contributed by atoms with E-state index in [4.69, 9.17) is 26.5 Å². The van der Waals surface area contributed by atoms with Crippen LogP contribution in [0.1, 0.15) is 0 Å². The van der Waals surface area contributed by atoms with Gasteiger partial charge in [-0.3, -0.25) is 5.41 Å². The molecule has 0 aliphatic carbocycles. The number of azide groups is 1. The molecule has 100 valence electrons. The molecule has 0 saturated carbocycles. The van der Waals surface area contributed by atoms with E-state index in [9.17, 15) is 10.2 Å². The smallest absolute Gasteiger partial charge is 0.200 e. The molecule has 10 heteroatoms. The van der Waals surface area contributed by atoms with E-state index in [-0.39, 0.29) is 5.84 Å². The van der Waals surface area contributed by atoms with Gasteiger partial charge in [-0.25, -0.2) is 0 Å². The number of rotatable bonds is 5. The zero-order valence-electron chi connectivity index (χ0n) is 9.26. The van der Waals surface area contributed by atoms with Crippen molar-refractivity contribution >= 4 is 5.84 Å². The van der Waals surface area contributed by atoms with Crippen LogP contribution in [0.3, 0.4) is 0 Å². The predicted molar refractivity (Wildman–Crippen MR) is 60.0 cm³/mol. The Morgan fingerprint density at radius 3 is 2.83 bits per heavy atom. The fourth-order valence-electron chi connectivity index (χ4n) is 1.48. The minimum Gasteiger partial charge on any atom is -0.393 e. The lowest BCUT2D eigenvalue weighted by Gasteiger charge is -2.23. The van der Waals surface area contributed by atoms with Crippen molar-refractivity contribution in [1.29, 1.82) is 5.41 Å². The highest BCUT2D eigenvalue weighted by Crippen LogP contribution is 2.31. The number of hydrogen-bond acceptors (Lipinski definition) is 7. The summed E-state index contributed by atoms with van der Waals surface area (Å²) < 4.78 is 5.10. The summed E-state index contributed by atoms with van der Waals surface area (Å²) in [4.78, 5) is 2.46. The van der Waals surface area contributed by atoms with Crippen molar-refractivity contribution < 1.29 is 20.1 Å². The first-order valence-corrected chi connectivity index (χ1v) is 4.94. The molecule has 1 saturated heterocycles. The number of aliphatic hydroxyl groups excluding tert-OH is 3. The largest absolute Gasteiger partial charge is 0.393 e. The van der Waals surface area contributed by atoms with Gasteiger partial charge in [0.15, 0.2) is 6.23 Å². The van der Waals surface area contributed by atoms with Crippen LogP contribution < -0.4 is 11.1 Å². The first-order chi connectivity index (χ1) is 8.46. The lowest BCUT2D eigenvalue weighted by Crippen LogP contribution is -2.44. The fourth-order valence-corrected chi connectivity index (χ4v) is 1.48. The molecule has 1 aliphatic heterocycles. The zero-order valence-corrected chi connectivity index (χ0v) is 9.26. The van der Waals surface area contributed by atoms with Gasteiger partial charge < -0.3 is 31.1 Å². The first kappa shape index (κ1) is 14.2. The normalized spacial score (nSPS) is 35.4. The van der Waals surface area contributed by atoms with Crippen LogP contribution in [0.4, 0.5) is 0 Å². The number of nitrogens with zero attached hydrogens (tertiary/aromatic N) is 3. The van der Waals surface area contributed by atoms with Gasteiger partial charge in [-0.05, 0) is 11.6 Å². The van der Waals surface area contributed by atoms with Crippen molar-refractivity contribution in [2.45, 2.75) is 24.2 Å². The SMILES string of the molecule is [N-]=[N+]=N[C@]1(CO)O[C@@H](N/C=C\C(=N)N)[C@H](O)[C@@H]1O. The second-order valence-electron chi connectivity index (χ2n) is 3.62. The van der Waals surface area contributed by atoms with E-state index in [1.54, 1.807) is 0 Å². The van der Waals surface area contributed by atoms with Crippen LogP contribution in [0, 0.1) is 5.41 Å². The van der Waals surface area contributed by atoms with Crippen LogP contribution >= 0.6 is 0 Å². The summed E-state index contributed by atoms with van der Waals surface area (Å²) in [7, 11) is 0. The summed E-state index contributed by atoms with van der Waals surface area (Å²) in [6.45, 7) is -0.788. The third-order valence-electron chi connectivity index (χ3n) is 2.39. The predicted octanol–water partition coefficient (Wildman–Crippen LogP) is -1.90. The van der Waals surface area contributed by atoms with E-state index in [1.807, 2.05) is 0 Å². The number of nitrogens with two attached hydrogens (primary N) is 1. The highest BCUT2D eigenvalue weighted by molar-refractivity contribution is 5.88. The van der Waals surface area contributed by atoms with Gasteiger partial charge in [0.2, 0.25) is 5.72 Å². The van der Waals surface area contributed by atoms with E-state index >= 15 is 0 Å². The molecule has 18 heavy (non-hydrogen) atoms. The monoisotopic (exact) mass is 258 g/mol. The van der Waals surface area contributed by atoms with Crippen LogP contribution in [0.2, 0.25) is 0 Å². The van der Waals surface area contributed by atoms with Gasteiger partial charge in [-0.15, -0.1) is 0 Å². The quantitative estimate of drug-likeness (QED) is 0.110.